The maximum atomic E-state index is 9.02. The van der Waals surface area contributed by atoms with Crippen LogP contribution in [0.5, 0.6) is 0 Å². The van der Waals surface area contributed by atoms with Gasteiger partial charge in [-0.2, -0.15) is 0 Å². The second kappa shape index (κ2) is 5.52. The standard InChI is InChI=1S/C8H18O3/c1-2-8(7-11,3-5-9)4-6-10/h9-11H,2-7H2,1H3. The molecule has 0 spiro atoms. The van der Waals surface area contributed by atoms with E-state index in [2.05, 4.69) is 0 Å². The first kappa shape index (κ1) is 10.9. The average molecular weight is 162 g/mol. The summed E-state index contributed by atoms with van der Waals surface area (Å²) in [5.41, 5.74) is -0.260. The van der Waals surface area contributed by atoms with Crippen molar-refractivity contribution in [3.8, 4) is 0 Å². The summed E-state index contributed by atoms with van der Waals surface area (Å²) >= 11 is 0. The van der Waals surface area contributed by atoms with Crippen molar-refractivity contribution in [1.29, 1.82) is 0 Å². The number of hydrogen-bond acceptors (Lipinski definition) is 3. The van der Waals surface area contributed by atoms with E-state index in [9.17, 15) is 0 Å². The Balaban J connectivity index is 3.96. The van der Waals surface area contributed by atoms with Crippen LogP contribution in [-0.4, -0.2) is 35.1 Å². The van der Waals surface area contributed by atoms with Crippen LogP contribution in [0.3, 0.4) is 0 Å². The molecular weight excluding hydrogens is 144 g/mol. The zero-order valence-corrected chi connectivity index (χ0v) is 7.08. The van der Waals surface area contributed by atoms with E-state index in [1.807, 2.05) is 6.92 Å². The topological polar surface area (TPSA) is 60.7 Å². The molecule has 0 amide bonds. The fourth-order valence-corrected chi connectivity index (χ4v) is 1.22. The van der Waals surface area contributed by atoms with Crippen molar-refractivity contribution in [2.24, 2.45) is 5.41 Å². The summed E-state index contributed by atoms with van der Waals surface area (Å²) in [5.74, 6) is 0. The van der Waals surface area contributed by atoms with Gasteiger partial charge in [0, 0.05) is 19.8 Å². The lowest BCUT2D eigenvalue weighted by Crippen LogP contribution is -2.27. The van der Waals surface area contributed by atoms with Gasteiger partial charge < -0.3 is 15.3 Å². The largest absolute Gasteiger partial charge is 0.396 e. The first-order valence-electron chi connectivity index (χ1n) is 4.07. The molecule has 0 saturated carbocycles. The average Bonchev–Trinajstić information content (AvgIpc) is 2.04. The second-order valence-electron chi connectivity index (χ2n) is 2.96. The number of rotatable bonds is 6. The zero-order valence-electron chi connectivity index (χ0n) is 7.08. The molecule has 0 aromatic carbocycles. The third-order valence-corrected chi connectivity index (χ3v) is 2.37. The predicted octanol–water partition coefficient (Wildman–Crippen LogP) is 0.140. The summed E-state index contributed by atoms with van der Waals surface area (Å²) in [6, 6.07) is 0. The minimum absolute atomic E-state index is 0.0463. The molecule has 3 N–H and O–H groups in total. The first-order chi connectivity index (χ1) is 5.24. The summed E-state index contributed by atoms with van der Waals surface area (Å²) in [5, 5.41) is 26.4. The highest BCUT2D eigenvalue weighted by atomic mass is 16.3. The highest BCUT2D eigenvalue weighted by Crippen LogP contribution is 2.29. The van der Waals surface area contributed by atoms with Gasteiger partial charge in [0.2, 0.25) is 0 Å². The summed E-state index contributed by atoms with van der Waals surface area (Å²) in [6.45, 7) is 2.16. The number of aliphatic hydroxyl groups is 3. The molecule has 68 valence electrons. The maximum absolute atomic E-state index is 9.02. The Morgan fingerprint density at radius 1 is 1.00 bits per heavy atom. The first-order valence-corrected chi connectivity index (χ1v) is 4.07. The van der Waals surface area contributed by atoms with Crippen LogP contribution in [0.4, 0.5) is 0 Å². The Labute approximate surface area is 67.7 Å². The molecule has 0 aliphatic carbocycles. The summed E-state index contributed by atoms with van der Waals surface area (Å²) in [6.07, 6.45) is 1.94. The summed E-state index contributed by atoms with van der Waals surface area (Å²) in [7, 11) is 0. The smallest absolute Gasteiger partial charge is 0.0489 e. The van der Waals surface area contributed by atoms with Crippen molar-refractivity contribution >= 4 is 0 Å². The molecule has 0 rings (SSSR count). The van der Waals surface area contributed by atoms with Crippen molar-refractivity contribution in [3.05, 3.63) is 0 Å². The molecule has 3 nitrogen and oxygen atoms in total. The number of aliphatic hydroxyl groups excluding tert-OH is 3. The Morgan fingerprint density at radius 2 is 1.45 bits per heavy atom. The van der Waals surface area contributed by atoms with E-state index in [0.29, 0.717) is 12.8 Å². The molecule has 0 unspecified atom stereocenters. The van der Waals surface area contributed by atoms with Crippen LogP contribution >= 0.6 is 0 Å². The molecule has 0 heterocycles. The van der Waals surface area contributed by atoms with Gasteiger partial charge in [0.25, 0.3) is 0 Å². The highest BCUT2D eigenvalue weighted by Gasteiger charge is 2.25. The minimum Gasteiger partial charge on any atom is -0.396 e. The van der Waals surface area contributed by atoms with E-state index in [-0.39, 0.29) is 25.2 Å². The Kier molecular flexibility index (Phi) is 5.46. The van der Waals surface area contributed by atoms with E-state index < -0.39 is 0 Å². The van der Waals surface area contributed by atoms with Crippen LogP contribution in [0.1, 0.15) is 26.2 Å². The fraction of sp³-hybridized carbons (Fsp3) is 1.00. The van der Waals surface area contributed by atoms with Gasteiger partial charge in [0.15, 0.2) is 0 Å². The van der Waals surface area contributed by atoms with Crippen LogP contribution in [0.25, 0.3) is 0 Å². The van der Waals surface area contributed by atoms with Gasteiger partial charge in [-0.15, -0.1) is 0 Å². The Hall–Kier alpha value is -0.120. The predicted molar refractivity (Wildman–Crippen MR) is 43.2 cm³/mol. The van der Waals surface area contributed by atoms with Crippen molar-refractivity contribution in [2.75, 3.05) is 19.8 Å². The lowest BCUT2D eigenvalue weighted by Gasteiger charge is -2.28. The second-order valence-corrected chi connectivity index (χ2v) is 2.96. The van der Waals surface area contributed by atoms with E-state index in [1.54, 1.807) is 0 Å². The molecule has 0 saturated heterocycles. The molecule has 0 fully saturated rings. The lowest BCUT2D eigenvalue weighted by molar-refractivity contribution is 0.0600. The quantitative estimate of drug-likeness (QED) is 0.520. The van der Waals surface area contributed by atoms with Gasteiger partial charge in [-0.25, -0.2) is 0 Å². The van der Waals surface area contributed by atoms with Gasteiger partial charge >= 0.3 is 0 Å². The van der Waals surface area contributed by atoms with E-state index in [4.69, 9.17) is 15.3 Å². The van der Waals surface area contributed by atoms with Crippen molar-refractivity contribution in [2.45, 2.75) is 26.2 Å². The van der Waals surface area contributed by atoms with Gasteiger partial charge in [-0.1, -0.05) is 6.92 Å². The third-order valence-electron chi connectivity index (χ3n) is 2.37. The monoisotopic (exact) mass is 162 g/mol. The fourth-order valence-electron chi connectivity index (χ4n) is 1.22. The molecule has 0 aromatic heterocycles. The molecule has 11 heavy (non-hydrogen) atoms. The normalized spacial score (nSPS) is 12.0. The number of hydrogen-bond donors (Lipinski definition) is 3. The molecule has 0 aromatic rings. The summed E-state index contributed by atoms with van der Waals surface area (Å²) < 4.78 is 0. The molecule has 0 aliphatic rings. The zero-order chi connectivity index (χ0) is 8.74. The van der Waals surface area contributed by atoms with Crippen LogP contribution in [0.2, 0.25) is 0 Å². The molecule has 3 heteroatoms. The van der Waals surface area contributed by atoms with Gasteiger partial charge in [-0.3, -0.25) is 0 Å². The lowest BCUT2D eigenvalue weighted by atomic mass is 9.80. The molecular formula is C8H18O3. The minimum atomic E-state index is -0.260. The molecule has 0 bridgehead atoms. The highest BCUT2D eigenvalue weighted by molar-refractivity contribution is 4.76. The van der Waals surface area contributed by atoms with Gasteiger partial charge in [0.05, 0.1) is 0 Å². The van der Waals surface area contributed by atoms with Crippen LogP contribution in [0, 0.1) is 5.41 Å². The maximum Gasteiger partial charge on any atom is 0.0489 e. The van der Waals surface area contributed by atoms with Crippen LogP contribution < -0.4 is 0 Å². The molecule has 0 radical (unpaired) electrons. The van der Waals surface area contributed by atoms with Crippen molar-refractivity contribution in [3.63, 3.8) is 0 Å². The van der Waals surface area contributed by atoms with Gasteiger partial charge in [0.1, 0.15) is 0 Å². The Morgan fingerprint density at radius 3 is 1.64 bits per heavy atom. The van der Waals surface area contributed by atoms with Crippen LogP contribution in [0.15, 0.2) is 0 Å². The third kappa shape index (κ3) is 3.18. The van der Waals surface area contributed by atoms with Crippen molar-refractivity contribution < 1.29 is 15.3 Å². The molecule has 0 atom stereocenters. The SMILES string of the molecule is CCC(CO)(CCO)CCO. The summed E-state index contributed by atoms with van der Waals surface area (Å²) in [4.78, 5) is 0. The van der Waals surface area contributed by atoms with Gasteiger partial charge in [-0.05, 0) is 24.7 Å². The van der Waals surface area contributed by atoms with E-state index in [0.717, 1.165) is 6.42 Å². The van der Waals surface area contributed by atoms with E-state index >= 15 is 0 Å². The van der Waals surface area contributed by atoms with Crippen molar-refractivity contribution in [1.82, 2.24) is 0 Å². The van der Waals surface area contributed by atoms with E-state index in [1.165, 1.54) is 0 Å². The van der Waals surface area contributed by atoms with Crippen LogP contribution in [-0.2, 0) is 0 Å². The molecule has 0 aliphatic heterocycles. The Bertz CT molecular complexity index is 81.3.